The van der Waals surface area contributed by atoms with Crippen LogP contribution in [0.25, 0.3) is 10.9 Å². The second kappa shape index (κ2) is 2.60. The largest absolute Gasteiger partial charge is 0.361 e. The zero-order chi connectivity index (χ0) is 8.55. The summed E-state index contributed by atoms with van der Waals surface area (Å²) in [6, 6.07) is 5.08. The molecule has 2 rings (SSSR count). The molecule has 1 aromatic heterocycles. The molecule has 0 radical (unpaired) electrons. The third kappa shape index (κ3) is 0.905. The molecule has 0 saturated heterocycles. The van der Waals surface area contributed by atoms with Crippen LogP contribution >= 0.6 is 0 Å². The number of aromatic nitrogens is 1. The Morgan fingerprint density at radius 1 is 1.33 bits per heavy atom. The summed E-state index contributed by atoms with van der Waals surface area (Å²) in [5.74, 6) is -0.243. The third-order valence-electron chi connectivity index (χ3n) is 1.98. The van der Waals surface area contributed by atoms with E-state index in [1.807, 2.05) is 6.07 Å². The monoisotopic (exact) mass is 164 g/mol. The van der Waals surface area contributed by atoms with Crippen LogP contribution in [0.1, 0.15) is 5.56 Å². The SMILES string of the molecule is NCc1c(F)ccc2cc[nH]c12. The Bertz CT molecular complexity index is 406. The minimum Gasteiger partial charge on any atom is -0.361 e. The van der Waals surface area contributed by atoms with Gasteiger partial charge in [0.05, 0.1) is 5.52 Å². The van der Waals surface area contributed by atoms with Gasteiger partial charge in [-0.25, -0.2) is 4.39 Å². The number of rotatable bonds is 1. The molecule has 0 atom stereocenters. The van der Waals surface area contributed by atoms with E-state index in [1.165, 1.54) is 6.07 Å². The molecule has 0 unspecified atom stereocenters. The molecule has 1 aromatic carbocycles. The fourth-order valence-electron chi connectivity index (χ4n) is 1.36. The molecule has 12 heavy (non-hydrogen) atoms. The number of fused-ring (bicyclic) bond motifs is 1. The Labute approximate surface area is 69.2 Å². The first-order chi connectivity index (χ1) is 5.83. The lowest BCUT2D eigenvalue weighted by Crippen LogP contribution is -2.00. The molecule has 0 aliphatic rings. The Morgan fingerprint density at radius 2 is 2.17 bits per heavy atom. The fourth-order valence-corrected chi connectivity index (χ4v) is 1.36. The molecule has 0 spiro atoms. The number of benzene rings is 1. The number of H-pyrrole nitrogens is 1. The zero-order valence-corrected chi connectivity index (χ0v) is 6.47. The van der Waals surface area contributed by atoms with Crippen molar-refractivity contribution in [1.82, 2.24) is 4.98 Å². The Morgan fingerprint density at radius 3 is 2.92 bits per heavy atom. The lowest BCUT2D eigenvalue weighted by atomic mass is 10.1. The van der Waals surface area contributed by atoms with Gasteiger partial charge in [0.15, 0.2) is 0 Å². The number of aromatic amines is 1. The molecule has 0 saturated carbocycles. The first-order valence-corrected chi connectivity index (χ1v) is 3.77. The number of hydrogen-bond acceptors (Lipinski definition) is 1. The summed E-state index contributed by atoms with van der Waals surface area (Å²) in [6.07, 6.45) is 1.78. The summed E-state index contributed by atoms with van der Waals surface area (Å²) in [4.78, 5) is 2.96. The van der Waals surface area contributed by atoms with E-state index in [4.69, 9.17) is 5.73 Å². The van der Waals surface area contributed by atoms with Gasteiger partial charge in [-0.15, -0.1) is 0 Å². The number of halogens is 1. The molecule has 3 heteroatoms. The van der Waals surface area contributed by atoms with Gasteiger partial charge in [-0.2, -0.15) is 0 Å². The number of nitrogens with two attached hydrogens (primary N) is 1. The summed E-state index contributed by atoms with van der Waals surface area (Å²) in [5.41, 5.74) is 6.77. The van der Waals surface area contributed by atoms with E-state index in [2.05, 4.69) is 4.98 Å². The molecule has 0 amide bonds. The summed E-state index contributed by atoms with van der Waals surface area (Å²) < 4.78 is 13.1. The Hall–Kier alpha value is -1.35. The molecule has 62 valence electrons. The molecule has 0 bridgehead atoms. The second-order valence-electron chi connectivity index (χ2n) is 2.67. The molecule has 2 aromatic rings. The zero-order valence-electron chi connectivity index (χ0n) is 6.47. The van der Waals surface area contributed by atoms with Gasteiger partial charge in [-0.3, -0.25) is 0 Å². The quantitative estimate of drug-likeness (QED) is 0.662. The highest BCUT2D eigenvalue weighted by molar-refractivity contribution is 5.82. The standard InChI is InChI=1S/C9H9FN2/c10-8-2-1-6-3-4-12-9(6)7(8)5-11/h1-4,12H,5,11H2. The first-order valence-electron chi connectivity index (χ1n) is 3.77. The van der Waals surface area contributed by atoms with Gasteiger partial charge in [0, 0.05) is 18.3 Å². The van der Waals surface area contributed by atoms with E-state index in [9.17, 15) is 4.39 Å². The van der Waals surface area contributed by atoms with Gasteiger partial charge in [0.1, 0.15) is 5.82 Å². The van der Waals surface area contributed by atoms with Crippen molar-refractivity contribution in [2.24, 2.45) is 5.73 Å². The van der Waals surface area contributed by atoms with Crippen molar-refractivity contribution in [3.8, 4) is 0 Å². The van der Waals surface area contributed by atoms with Crippen LogP contribution in [0.2, 0.25) is 0 Å². The lowest BCUT2D eigenvalue weighted by molar-refractivity contribution is 0.613. The normalized spacial score (nSPS) is 10.8. The maximum Gasteiger partial charge on any atom is 0.129 e. The first kappa shape index (κ1) is 7.31. The molecule has 0 aliphatic carbocycles. The van der Waals surface area contributed by atoms with Crippen molar-refractivity contribution < 1.29 is 4.39 Å². The number of hydrogen-bond donors (Lipinski definition) is 2. The van der Waals surface area contributed by atoms with Gasteiger partial charge in [0.2, 0.25) is 0 Å². The van der Waals surface area contributed by atoms with Crippen molar-refractivity contribution in [3.05, 3.63) is 35.8 Å². The van der Waals surface area contributed by atoms with Gasteiger partial charge in [-0.1, -0.05) is 0 Å². The highest BCUT2D eigenvalue weighted by atomic mass is 19.1. The maximum absolute atomic E-state index is 13.1. The molecule has 1 heterocycles. The van der Waals surface area contributed by atoms with Crippen LogP contribution in [-0.4, -0.2) is 4.98 Å². The fraction of sp³-hybridized carbons (Fsp3) is 0.111. The van der Waals surface area contributed by atoms with Crippen LogP contribution in [-0.2, 0) is 6.54 Å². The van der Waals surface area contributed by atoms with Crippen molar-refractivity contribution in [2.75, 3.05) is 0 Å². The van der Waals surface area contributed by atoms with E-state index in [-0.39, 0.29) is 12.4 Å². The maximum atomic E-state index is 13.1. The number of nitrogens with one attached hydrogen (secondary N) is 1. The average Bonchev–Trinajstić information content (AvgIpc) is 2.52. The highest BCUT2D eigenvalue weighted by Gasteiger charge is 2.05. The molecular weight excluding hydrogens is 155 g/mol. The van der Waals surface area contributed by atoms with Crippen LogP contribution in [0.3, 0.4) is 0 Å². The van der Waals surface area contributed by atoms with E-state index < -0.39 is 0 Å². The lowest BCUT2D eigenvalue weighted by Gasteiger charge is -2.00. The predicted octanol–water partition coefficient (Wildman–Crippen LogP) is 1.77. The minimum atomic E-state index is -0.243. The van der Waals surface area contributed by atoms with Gasteiger partial charge < -0.3 is 10.7 Å². The molecule has 0 fully saturated rings. The van der Waals surface area contributed by atoms with Crippen molar-refractivity contribution in [1.29, 1.82) is 0 Å². The van der Waals surface area contributed by atoms with Gasteiger partial charge in [-0.05, 0) is 23.6 Å². The molecule has 2 nitrogen and oxygen atoms in total. The van der Waals surface area contributed by atoms with Crippen molar-refractivity contribution >= 4 is 10.9 Å². The Kier molecular flexibility index (Phi) is 1.59. The van der Waals surface area contributed by atoms with Crippen molar-refractivity contribution in [3.63, 3.8) is 0 Å². The van der Waals surface area contributed by atoms with Crippen LogP contribution < -0.4 is 5.73 Å². The summed E-state index contributed by atoms with van der Waals surface area (Å²) >= 11 is 0. The molecule has 0 aliphatic heterocycles. The van der Waals surface area contributed by atoms with E-state index in [0.717, 1.165) is 10.9 Å². The summed E-state index contributed by atoms with van der Waals surface area (Å²) in [5, 5.41) is 0.997. The van der Waals surface area contributed by atoms with Crippen molar-refractivity contribution in [2.45, 2.75) is 6.54 Å². The van der Waals surface area contributed by atoms with Crippen LogP contribution in [0, 0.1) is 5.82 Å². The molecular formula is C9H9FN2. The summed E-state index contributed by atoms with van der Waals surface area (Å²) in [6.45, 7) is 0.226. The minimum absolute atomic E-state index is 0.226. The Balaban J connectivity index is 2.83. The predicted molar refractivity (Wildman–Crippen MR) is 46.1 cm³/mol. The van der Waals surface area contributed by atoms with Gasteiger partial charge in [0.25, 0.3) is 0 Å². The smallest absolute Gasteiger partial charge is 0.129 e. The van der Waals surface area contributed by atoms with Crippen LogP contribution in [0.4, 0.5) is 4.39 Å². The summed E-state index contributed by atoms with van der Waals surface area (Å²) in [7, 11) is 0. The van der Waals surface area contributed by atoms with Crippen LogP contribution in [0.15, 0.2) is 24.4 Å². The topological polar surface area (TPSA) is 41.8 Å². The average molecular weight is 164 g/mol. The van der Waals surface area contributed by atoms with E-state index >= 15 is 0 Å². The highest BCUT2D eigenvalue weighted by Crippen LogP contribution is 2.19. The van der Waals surface area contributed by atoms with E-state index in [1.54, 1.807) is 12.3 Å². The van der Waals surface area contributed by atoms with E-state index in [0.29, 0.717) is 5.56 Å². The van der Waals surface area contributed by atoms with Crippen LogP contribution in [0.5, 0.6) is 0 Å². The third-order valence-corrected chi connectivity index (χ3v) is 1.98. The molecule has 3 N–H and O–H groups in total. The second-order valence-corrected chi connectivity index (χ2v) is 2.67. The van der Waals surface area contributed by atoms with Gasteiger partial charge >= 0.3 is 0 Å².